The lowest BCUT2D eigenvalue weighted by atomic mass is 10.3. The molecule has 0 aromatic heterocycles. The number of esters is 2. The lowest BCUT2D eigenvalue weighted by Crippen LogP contribution is -2.10. The van der Waals surface area contributed by atoms with E-state index in [9.17, 15) is 9.59 Å². The van der Waals surface area contributed by atoms with E-state index < -0.39 is 11.9 Å². The standard InChI is InChI=1S/C20H20O8/c1-23-13-7-5-8-14(24-2)19(13)27-17(21)11-12-18(22)28-20-15(25-3)9-6-10-16(20)26-4/h5-12H,1-4H3/b12-11-. The molecule has 0 bridgehead atoms. The summed E-state index contributed by atoms with van der Waals surface area (Å²) in [6, 6.07) is 9.80. The number of hydrogen-bond acceptors (Lipinski definition) is 8. The Kier molecular flexibility index (Phi) is 7.27. The summed E-state index contributed by atoms with van der Waals surface area (Å²) >= 11 is 0. The molecule has 8 nitrogen and oxygen atoms in total. The molecule has 0 atom stereocenters. The topological polar surface area (TPSA) is 89.5 Å². The Morgan fingerprint density at radius 3 is 1.14 bits per heavy atom. The molecule has 28 heavy (non-hydrogen) atoms. The number of carbonyl (C=O) groups excluding carboxylic acids is 2. The summed E-state index contributed by atoms with van der Waals surface area (Å²) in [5.41, 5.74) is 0. The van der Waals surface area contributed by atoms with Crippen LogP contribution in [0.4, 0.5) is 0 Å². The maximum atomic E-state index is 12.1. The highest BCUT2D eigenvalue weighted by molar-refractivity contribution is 5.94. The summed E-state index contributed by atoms with van der Waals surface area (Å²) in [5, 5.41) is 0. The highest BCUT2D eigenvalue weighted by atomic mass is 16.6. The molecular weight excluding hydrogens is 368 g/mol. The maximum Gasteiger partial charge on any atom is 0.336 e. The zero-order valence-electron chi connectivity index (χ0n) is 15.9. The summed E-state index contributed by atoms with van der Waals surface area (Å²) in [4.78, 5) is 24.1. The van der Waals surface area contributed by atoms with Crippen LogP contribution >= 0.6 is 0 Å². The first kappa shape index (κ1) is 20.6. The molecule has 0 spiro atoms. The number of benzene rings is 2. The van der Waals surface area contributed by atoms with Gasteiger partial charge in [0.2, 0.25) is 11.5 Å². The Hall–Kier alpha value is -3.68. The van der Waals surface area contributed by atoms with Gasteiger partial charge < -0.3 is 28.4 Å². The van der Waals surface area contributed by atoms with E-state index in [1.807, 2.05) is 0 Å². The molecule has 0 aliphatic rings. The third-order valence-electron chi connectivity index (χ3n) is 3.53. The molecule has 2 aromatic rings. The van der Waals surface area contributed by atoms with E-state index in [1.165, 1.54) is 28.4 Å². The van der Waals surface area contributed by atoms with Crippen molar-refractivity contribution in [2.75, 3.05) is 28.4 Å². The SMILES string of the molecule is COc1cccc(OC)c1OC(=O)/C=C\C(=O)Oc1c(OC)cccc1OC. The van der Waals surface area contributed by atoms with Gasteiger partial charge in [-0.05, 0) is 24.3 Å². The van der Waals surface area contributed by atoms with Crippen LogP contribution in [0.1, 0.15) is 0 Å². The molecule has 0 unspecified atom stereocenters. The Morgan fingerprint density at radius 1 is 0.607 bits per heavy atom. The first-order valence-corrected chi connectivity index (χ1v) is 8.07. The fourth-order valence-electron chi connectivity index (χ4n) is 2.24. The highest BCUT2D eigenvalue weighted by Crippen LogP contribution is 2.37. The van der Waals surface area contributed by atoms with Crippen molar-refractivity contribution >= 4 is 11.9 Å². The van der Waals surface area contributed by atoms with Crippen molar-refractivity contribution < 1.29 is 38.0 Å². The number of hydrogen-bond donors (Lipinski definition) is 0. The molecule has 0 fully saturated rings. The number of ether oxygens (including phenoxy) is 6. The molecule has 0 N–H and O–H groups in total. The summed E-state index contributed by atoms with van der Waals surface area (Å²) in [6.45, 7) is 0. The van der Waals surface area contributed by atoms with Crippen LogP contribution in [0, 0.1) is 0 Å². The molecule has 0 aliphatic heterocycles. The number of carbonyl (C=O) groups is 2. The predicted octanol–water partition coefficient (Wildman–Crippen LogP) is 2.79. The van der Waals surface area contributed by atoms with Crippen LogP contribution < -0.4 is 28.4 Å². The van der Waals surface area contributed by atoms with Crippen LogP contribution in [-0.4, -0.2) is 40.4 Å². The van der Waals surface area contributed by atoms with Gasteiger partial charge in [-0.1, -0.05) is 12.1 Å². The van der Waals surface area contributed by atoms with Gasteiger partial charge >= 0.3 is 11.9 Å². The Labute approximate surface area is 162 Å². The second-order valence-corrected chi connectivity index (χ2v) is 5.16. The summed E-state index contributed by atoms with van der Waals surface area (Å²) in [7, 11) is 5.72. The zero-order chi connectivity index (χ0) is 20.5. The normalized spacial score (nSPS) is 10.3. The smallest absolute Gasteiger partial charge is 0.336 e. The predicted molar refractivity (Wildman–Crippen MR) is 99.5 cm³/mol. The molecule has 0 amide bonds. The fraction of sp³-hybridized carbons (Fsp3) is 0.200. The van der Waals surface area contributed by atoms with Gasteiger partial charge in [-0.15, -0.1) is 0 Å². The van der Waals surface area contributed by atoms with E-state index in [0.29, 0.717) is 23.0 Å². The molecule has 0 saturated carbocycles. The van der Waals surface area contributed by atoms with Gasteiger partial charge in [0.1, 0.15) is 0 Å². The second-order valence-electron chi connectivity index (χ2n) is 5.16. The molecule has 0 radical (unpaired) electrons. The van der Waals surface area contributed by atoms with Crippen LogP contribution in [0.3, 0.4) is 0 Å². The van der Waals surface area contributed by atoms with Crippen LogP contribution in [-0.2, 0) is 9.59 Å². The van der Waals surface area contributed by atoms with E-state index in [2.05, 4.69) is 0 Å². The molecule has 0 saturated heterocycles. The average molecular weight is 388 g/mol. The third kappa shape index (κ3) is 4.94. The van der Waals surface area contributed by atoms with Gasteiger partial charge in [0.15, 0.2) is 23.0 Å². The lowest BCUT2D eigenvalue weighted by Gasteiger charge is -2.12. The van der Waals surface area contributed by atoms with E-state index in [-0.39, 0.29) is 11.5 Å². The first-order valence-electron chi connectivity index (χ1n) is 8.07. The summed E-state index contributed by atoms with van der Waals surface area (Å²) in [6.07, 6.45) is 1.85. The van der Waals surface area contributed by atoms with Crippen molar-refractivity contribution in [2.24, 2.45) is 0 Å². The lowest BCUT2D eigenvalue weighted by molar-refractivity contribution is -0.131. The van der Waals surface area contributed by atoms with E-state index >= 15 is 0 Å². The van der Waals surface area contributed by atoms with Crippen molar-refractivity contribution in [3.05, 3.63) is 48.6 Å². The molecule has 2 rings (SSSR count). The Morgan fingerprint density at radius 2 is 0.893 bits per heavy atom. The van der Waals surface area contributed by atoms with Gasteiger partial charge in [0, 0.05) is 12.2 Å². The van der Waals surface area contributed by atoms with E-state index in [4.69, 9.17) is 28.4 Å². The van der Waals surface area contributed by atoms with Crippen molar-refractivity contribution in [3.63, 3.8) is 0 Å². The molecule has 0 aliphatic carbocycles. The maximum absolute atomic E-state index is 12.1. The van der Waals surface area contributed by atoms with Crippen LogP contribution in [0.25, 0.3) is 0 Å². The first-order chi connectivity index (χ1) is 13.5. The van der Waals surface area contributed by atoms with Gasteiger partial charge in [-0.2, -0.15) is 0 Å². The van der Waals surface area contributed by atoms with E-state index in [1.54, 1.807) is 36.4 Å². The van der Waals surface area contributed by atoms with Gasteiger partial charge in [0.25, 0.3) is 0 Å². The average Bonchev–Trinajstić information content (AvgIpc) is 2.72. The quantitative estimate of drug-likeness (QED) is 0.387. The van der Waals surface area contributed by atoms with Crippen LogP contribution in [0.5, 0.6) is 34.5 Å². The minimum absolute atomic E-state index is 0.0990. The second kappa shape index (κ2) is 9.86. The Bertz CT molecular complexity index is 757. The molecule has 148 valence electrons. The monoisotopic (exact) mass is 388 g/mol. The summed E-state index contributed by atoms with van der Waals surface area (Å²) < 4.78 is 31.0. The Balaban J connectivity index is 2.11. The fourth-order valence-corrected chi connectivity index (χ4v) is 2.24. The van der Waals surface area contributed by atoms with Crippen LogP contribution in [0.2, 0.25) is 0 Å². The number of para-hydroxylation sites is 2. The largest absolute Gasteiger partial charge is 0.493 e. The van der Waals surface area contributed by atoms with Crippen molar-refractivity contribution in [3.8, 4) is 34.5 Å². The minimum Gasteiger partial charge on any atom is -0.493 e. The van der Waals surface area contributed by atoms with Gasteiger partial charge in [0.05, 0.1) is 28.4 Å². The van der Waals surface area contributed by atoms with Crippen LogP contribution in [0.15, 0.2) is 48.6 Å². The third-order valence-corrected chi connectivity index (χ3v) is 3.53. The summed E-state index contributed by atoms with van der Waals surface area (Å²) in [5.74, 6) is -0.197. The number of methoxy groups -OCH3 is 4. The molecule has 2 aromatic carbocycles. The molecular formula is C20H20O8. The van der Waals surface area contributed by atoms with Crippen molar-refractivity contribution in [1.82, 2.24) is 0 Å². The zero-order valence-corrected chi connectivity index (χ0v) is 15.9. The molecule has 8 heteroatoms. The van der Waals surface area contributed by atoms with Crippen molar-refractivity contribution in [1.29, 1.82) is 0 Å². The van der Waals surface area contributed by atoms with Gasteiger partial charge in [-0.3, -0.25) is 0 Å². The number of rotatable bonds is 8. The molecule has 0 heterocycles. The van der Waals surface area contributed by atoms with E-state index in [0.717, 1.165) is 12.2 Å². The van der Waals surface area contributed by atoms with Gasteiger partial charge in [-0.25, -0.2) is 9.59 Å². The highest BCUT2D eigenvalue weighted by Gasteiger charge is 2.16. The minimum atomic E-state index is -0.813. The van der Waals surface area contributed by atoms with Crippen molar-refractivity contribution in [2.45, 2.75) is 0 Å².